The molecule has 2 aromatic rings. The molecule has 8 heteroatoms. The molecule has 30 heavy (non-hydrogen) atoms. The zero-order valence-corrected chi connectivity index (χ0v) is 18.3. The highest BCUT2D eigenvalue weighted by atomic mass is 32.2. The van der Waals surface area contributed by atoms with Gasteiger partial charge in [0, 0.05) is 38.3 Å². The maximum atomic E-state index is 12.7. The van der Waals surface area contributed by atoms with E-state index in [9.17, 15) is 13.2 Å². The summed E-state index contributed by atoms with van der Waals surface area (Å²) in [6.45, 7) is 4.88. The molecule has 0 aromatic heterocycles. The number of amides is 1. The lowest BCUT2D eigenvalue weighted by Crippen LogP contribution is -2.46. The van der Waals surface area contributed by atoms with E-state index in [1.54, 1.807) is 24.3 Å². The number of hydrogen-bond donors (Lipinski definition) is 1. The zero-order chi connectivity index (χ0) is 21.6. The molecule has 1 fully saturated rings. The molecule has 1 N–H and O–H groups in total. The molecule has 7 nitrogen and oxygen atoms in total. The van der Waals surface area contributed by atoms with Gasteiger partial charge in [0.1, 0.15) is 5.75 Å². The Morgan fingerprint density at radius 1 is 1.07 bits per heavy atom. The van der Waals surface area contributed by atoms with E-state index in [1.165, 1.54) is 4.31 Å². The summed E-state index contributed by atoms with van der Waals surface area (Å²) in [6.07, 6.45) is 0.919. The summed E-state index contributed by atoms with van der Waals surface area (Å²) in [5.41, 5.74) is 1.71. The van der Waals surface area contributed by atoms with Crippen molar-refractivity contribution in [3.05, 3.63) is 54.1 Å². The van der Waals surface area contributed by atoms with Crippen LogP contribution in [-0.2, 0) is 14.8 Å². The number of hydrogen-bond acceptors (Lipinski definition) is 5. The molecule has 0 aliphatic carbocycles. The number of aryl methyl sites for hydroxylation is 1. The van der Waals surface area contributed by atoms with Crippen LogP contribution in [0.5, 0.6) is 5.75 Å². The van der Waals surface area contributed by atoms with E-state index >= 15 is 0 Å². The van der Waals surface area contributed by atoms with Crippen molar-refractivity contribution in [1.82, 2.24) is 9.21 Å². The van der Waals surface area contributed by atoms with Gasteiger partial charge in [-0.05, 0) is 62.4 Å². The summed E-state index contributed by atoms with van der Waals surface area (Å²) in [5.74, 6) is 0.671. The van der Waals surface area contributed by atoms with Gasteiger partial charge in [-0.2, -0.15) is 4.31 Å². The van der Waals surface area contributed by atoms with E-state index < -0.39 is 10.0 Å². The fraction of sp³-hybridized carbons (Fsp3) is 0.409. The molecule has 162 valence electrons. The summed E-state index contributed by atoms with van der Waals surface area (Å²) in [6, 6.07) is 14.1. The quantitative estimate of drug-likeness (QED) is 0.650. The minimum atomic E-state index is -3.50. The van der Waals surface area contributed by atoms with Crippen molar-refractivity contribution >= 4 is 21.6 Å². The average Bonchev–Trinajstić information content (AvgIpc) is 2.72. The third-order valence-corrected chi connectivity index (χ3v) is 6.96. The number of anilines is 1. The summed E-state index contributed by atoms with van der Waals surface area (Å²) < 4.78 is 32.7. The minimum Gasteiger partial charge on any atom is -0.494 e. The highest BCUT2D eigenvalue weighted by Crippen LogP contribution is 2.20. The van der Waals surface area contributed by atoms with Gasteiger partial charge in [-0.1, -0.05) is 12.1 Å². The highest BCUT2D eigenvalue weighted by Gasteiger charge is 2.27. The monoisotopic (exact) mass is 431 g/mol. The number of nitrogens with zero attached hydrogens (tertiary/aromatic N) is 2. The number of carbonyl (C=O) groups is 1. The first-order chi connectivity index (χ1) is 14.3. The fourth-order valence-corrected chi connectivity index (χ4v) is 4.66. The Morgan fingerprint density at radius 2 is 1.77 bits per heavy atom. The predicted molar refractivity (Wildman–Crippen MR) is 117 cm³/mol. The normalized spacial score (nSPS) is 15.7. The summed E-state index contributed by atoms with van der Waals surface area (Å²) >= 11 is 0. The number of ether oxygens (including phenoxy) is 1. The number of rotatable bonds is 8. The van der Waals surface area contributed by atoms with Crippen molar-refractivity contribution in [2.45, 2.75) is 24.7 Å². The first kappa shape index (κ1) is 22.3. The molecule has 1 saturated heterocycles. The van der Waals surface area contributed by atoms with Gasteiger partial charge in [0.25, 0.3) is 0 Å². The summed E-state index contributed by atoms with van der Waals surface area (Å²) in [7, 11) is -1.52. The summed E-state index contributed by atoms with van der Waals surface area (Å²) in [4.78, 5) is 14.5. The maximum Gasteiger partial charge on any atom is 0.243 e. The van der Waals surface area contributed by atoms with Gasteiger partial charge in [-0.25, -0.2) is 8.42 Å². The average molecular weight is 432 g/mol. The summed E-state index contributed by atoms with van der Waals surface area (Å²) in [5, 5.41) is 2.80. The van der Waals surface area contributed by atoms with E-state index in [2.05, 4.69) is 10.2 Å². The van der Waals surface area contributed by atoms with Gasteiger partial charge in [-0.3, -0.25) is 4.79 Å². The molecule has 3 rings (SSSR count). The van der Waals surface area contributed by atoms with Crippen LogP contribution in [-0.4, -0.2) is 63.4 Å². The Labute approximate surface area is 178 Å². The van der Waals surface area contributed by atoms with Crippen molar-refractivity contribution < 1.29 is 17.9 Å². The van der Waals surface area contributed by atoms with Gasteiger partial charge >= 0.3 is 0 Å². The molecular weight excluding hydrogens is 402 g/mol. The smallest absolute Gasteiger partial charge is 0.243 e. The molecule has 0 radical (unpaired) electrons. The lowest BCUT2D eigenvalue weighted by atomic mass is 10.2. The zero-order valence-electron chi connectivity index (χ0n) is 17.5. The second kappa shape index (κ2) is 10.1. The minimum absolute atomic E-state index is 0.127. The number of carbonyl (C=O) groups excluding carboxylic acids is 1. The lowest BCUT2D eigenvalue weighted by Gasteiger charge is -2.31. The topological polar surface area (TPSA) is 78.9 Å². The molecule has 1 aliphatic heterocycles. The fourth-order valence-electron chi connectivity index (χ4n) is 3.24. The van der Waals surface area contributed by atoms with Gasteiger partial charge in [0.2, 0.25) is 15.9 Å². The predicted octanol–water partition coefficient (Wildman–Crippen LogP) is 2.73. The third-order valence-electron chi connectivity index (χ3n) is 5.04. The van der Waals surface area contributed by atoms with Crippen molar-refractivity contribution in [2.24, 2.45) is 0 Å². The molecule has 2 aromatic carbocycles. The van der Waals surface area contributed by atoms with Crippen molar-refractivity contribution in [1.29, 1.82) is 0 Å². The molecule has 0 spiro atoms. The number of likely N-dealkylation sites (N-methyl/N-ethyl adjacent to an activating group) is 1. The molecule has 0 saturated carbocycles. The Morgan fingerprint density at radius 3 is 2.43 bits per heavy atom. The molecule has 0 bridgehead atoms. The van der Waals surface area contributed by atoms with Gasteiger partial charge in [0.15, 0.2) is 0 Å². The van der Waals surface area contributed by atoms with Crippen LogP contribution in [0.3, 0.4) is 0 Å². The van der Waals surface area contributed by atoms with Gasteiger partial charge < -0.3 is 15.0 Å². The van der Waals surface area contributed by atoms with E-state index in [-0.39, 0.29) is 10.8 Å². The van der Waals surface area contributed by atoms with Crippen LogP contribution in [0.2, 0.25) is 0 Å². The number of sulfonamides is 1. The molecule has 1 heterocycles. The molecule has 1 amide bonds. The Kier molecular flexibility index (Phi) is 7.47. The molecular formula is C22H29N3O4S. The number of piperazine rings is 1. The highest BCUT2D eigenvalue weighted by molar-refractivity contribution is 7.89. The Balaban J connectivity index is 1.46. The van der Waals surface area contributed by atoms with Crippen LogP contribution in [0.25, 0.3) is 0 Å². The maximum absolute atomic E-state index is 12.7. The van der Waals surface area contributed by atoms with E-state index in [1.807, 2.05) is 38.2 Å². The van der Waals surface area contributed by atoms with E-state index in [0.29, 0.717) is 38.2 Å². The Hall–Kier alpha value is -2.42. The van der Waals surface area contributed by atoms with E-state index in [4.69, 9.17) is 4.74 Å². The third kappa shape index (κ3) is 6.04. The van der Waals surface area contributed by atoms with Crippen LogP contribution in [0.4, 0.5) is 5.69 Å². The second-order valence-electron chi connectivity index (χ2n) is 7.55. The Bertz CT molecular complexity index is 953. The molecule has 0 atom stereocenters. The van der Waals surface area contributed by atoms with Crippen LogP contribution in [0.15, 0.2) is 53.4 Å². The molecule has 1 aliphatic rings. The first-order valence-corrected chi connectivity index (χ1v) is 11.6. The lowest BCUT2D eigenvalue weighted by molar-refractivity contribution is -0.116. The first-order valence-electron chi connectivity index (χ1n) is 10.1. The number of benzene rings is 2. The number of nitrogens with one attached hydrogen (secondary N) is 1. The van der Waals surface area contributed by atoms with Crippen molar-refractivity contribution in [3.8, 4) is 5.75 Å². The largest absolute Gasteiger partial charge is 0.494 e. The van der Waals surface area contributed by atoms with Crippen LogP contribution in [0.1, 0.15) is 18.4 Å². The van der Waals surface area contributed by atoms with Crippen LogP contribution >= 0.6 is 0 Å². The van der Waals surface area contributed by atoms with Gasteiger partial charge in [0.05, 0.1) is 11.5 Å². The second-order valence-corrected chi connectivity index (χ2v) is 9.49. The van der Waals surface area contributed by atoms with Crippen molar-refractivity contribution in [2.75, 3.05) is 45.2 Å². The van der Waals surface area contributed by atoms with Gasteiger partial charge in [-0.15, -0.1) is 0 Å². The standard InChI is InChI=1S/C22H29N3O4S/c1-18-5-3-6-20(17-18)29-16-4-7-22(26)23-19-8-10-21(11-9-19)30(27,28)25-14-12-24(2)13-15-25/h3,5-6,8-11,17H,4,7,12-16H2,1-2H3,(H,23,26). The van der Waals surface area contributed by atoms with Crippen molar-refractivity contribution in [3.63, 3.8) is 0 Å². The molecule has 0 unspecified atom stereocenters. The van der Waals surface area contributed by atoms with Crippen LogP contribution in [0, 0.1) is 6.92 Å². The van der Waals surface area contributed by atoms with Crippen LogP contribution < -0.4 is 10.1 Å². The van der Waals surface area contributed by atoms with E-state index in [0.717, 1.165) is 24.4 Å². The SMILES string of the molecule is Cc1cccc(OCCCC(=O)Nc2ccc(S(=O)(=O)N3CCN(C)CC3)cc2)c1.